The third kappa shape index (κ3) is 3.94. The molecule has 20 heavy (non-hydrogen) atoms. The van der Waals surface area contributed by atoms with Crippen molar-refractivity contribution in [1.82, 2.24) is 10.6 Å². The van der Waals surface area contributed by atoms with Gasteiger partial charge in [-0.25, -0.2) is 4.39 Å². The summed E-state index contributed by atoms with van der Waals surface area (Å²) >= 11 is 0. The summed E-state index contributed by atoms with van der Waals surface area (Å²) in [6.07, 6.45) is 1.51. The third-order valence-corrected chi connectivity index (χ3v) is 2.54. The van der Waals surface area contributed by atoms with E-state index in [2.05, 4.69) is 10.6 Å². The molecule has 6 heteroatoms. The van der Waals surface area contributed by atoms with Crippen LogP contribution in [-0.4, -0.2) is 18.4 Å². The van der Waals surface area contributed by atoms with Gasteiger partial charge in [-0.1, -0.05) is 6.07 Å². The fourth-order valence-electron chi connectivity index (χ4n) is 1.55. The first kappa shape index (κ1) is 13.8. The van der Waals surface area contributed by atoms with Crippen LogP contribution in [0.15, 0.2) is 47.1 Å². The molecule has 0 saturated carbocycles. The first-order valence-corrected chi connectivity index (χ1v) is 5.98. The van der Waals surface area contributed by atoms with Gasteiger partial charge in [0.15, 0.2) is 0 Å². The van der Waals surface area contributed by atoms with Crippen LogP contribution in [0.1, 0.15) is 16.1 Å². The van der Waals surface area contributed by atoms with Gasteiger partial charge >= 0.3 is 0 Å². The summed E-state index contributed by atoms with van der Waals surface area (Å²) in [6.45, 7) is 0.0672. The molecule has 1 aromatic carbocycles. The van der Waals surface area contributed by atoms with Crippen LogP contribution in [0, 0.1) is 5.82 Å². The maximum atomic E-state index is 12.9. The molecular formula is C14H13FN2O3. The summed E-state index contributed by atoms with van der Waals surface area (Å²) in [7, 11) is 0. The van der Waals surface area contributed by atoms with Gasteiger partial charge in [-0.3, -0.25) is 9.59 Å². The molecule has 0 aliphatic rings. The predicted octanol–water partition coefficient (Wildman–Crippen LogP) is 1.46. The molecule has 1 aromatic heterocycles. The summed E-state index contributed by atoms with van der Waals surface area (Å²) in [4.78, 5) is 23.2. The van der Waals surface area contributed by atoms with E-state index in [1.807, 2.05) is 0 Å². The van der Waals surface area contributed by atoms with Crippen LogP contribution >= 0.6 is 0 Å². The molecule has 2 aromatic rings. The second-order valence-corrected chi connectivity index (χ2v) is 4.05. The zero-order valence-electron chi connectivity index (χ0n) is 10.6. The van der Waals surface area contributed by atoms with Gasteiger partial charge in [-0.15, -0.1) is 0 Å². The molecule has 0 atom stereocenters. The number of amides is 2. The Morgan fingerprint density at radius 1 is 1.15 bits per heavy atom. The van der Waals surface area contributed by atoms with Gasteiger partial charge in [0, 0.05) is 5.56 Å². The summed E-state index contributed by atoms with van der Waals surface area (Å²) in [5.74, 6) is -0.737. The van der Waals surface area contributed by atoms with E-state index in [4.69, 9.17) is 4.42 Å². The van der Waals surface area contributed by atoms with E-state index in [-0.39, 0.29) is 24.6 Å². The standard InChI is InChI=1S/C14H13FN2O3/c15-11-4-1-3-10(7-11)14(19)17-9-13(18)16-8-12-5-2-6-20-12/h1-7H,8-9H2,(H,16,18)(H,17,19). The normalized spacial score (nSPS) is 10.1. The number of benzene rings is 1. The monoisotopic (exact) mass is 276 g/mol. The molecule has 0 fully saturated rings. The molecule has 2 rings (SSSR count). The van der Waals surface area contributed by atoms with Gasteiger partial charge < -0.3 is 15.1 Å². The van der Waals surface area contributed by atoms with Crippen molar-refractivity contribution in [3.8, 4) is 0 Å². The zero-order chi connectivity index (χ0) is 14.4. The van der Waals surface area contributed by atoms with Gasteiger partial charge in [0.2, 0.25) is 5.91 Å². The average molecular weight is 276 g/mol. The van der Waals surface area contributed by atoms with Gasteiger partial charge in [-0.05, 0) is 30.3 Å². The summed E-state index contributed by atoms with van der Waals surface area (Å²) < 4.78 is 18.0. The highest BCUT2D eigenvalue weighted by molar-refractivity contribution is 5.96. The maximum absolute atomic E-state index is 12.9. The highest BCUT2D eigenvalue weighted by Crippen LogP contribution is 2.03. The molecule has 2 amide bonds. The van der Waals surface area contributed by atoms with E-state index in [0.29, 0.717) is 5.76 Å². The number of hydrogen-bond acceptors (Lipinski definition) is 3. The van der Waals surface area contributed by atoms with Crippen LogP contribution in [0.3, 0.4) is 0 Å². The van der Waals surface area contributed by atoms with Crippen LogP contribution in [0.25, 0.3) is 0 Å². The van der Waals surface area contributed by atoms with E-state index < -0.39 is 11.7 Å². The summed E-state index contributed by atoms with van der Waals surface area (Å²) in [5, 5.41) is 4.99. The Bertz CT molecular complexity index is 596. The largest absolute Gasteiger partial charge is 0.467 e. The van der Waals surface area contributed by atoms with Crippen LogP contribution in [0.4, 0.5) is 4.39 Å². The van der Waals surface area contributed by atoms with Gasteiger partial charge in [0.05, 0.1) is 19.4 Å². The Kier molecular flexibility index (Phi) is 4.49. The van der Waals surface area contributed by atoms with Crippen LogP contribution in [0.5, 0.6) is 0 Å². The molecule has 0 aliphatic heterocycles. The molecule has 0 aliphatic carbocycles. The van der Waals surface area contributed by atoms with Gasteiger partial charge in [-0.2, -0.15) is 0 Å². The summed E-state index contributed by atoms with van der Waals surface area (Å²) in [6, 6.07) is 8.70. The van der Waals surface area contributed by atoms with E-state index in [0.717, 1.165) is 6.07 Å². The fraction of sp³-hybridized carbons (Fsp3) is 0.143. The van der Waals surface area contributed by atoms with E-state index in [1.54, 1.807) is 12.1 Å². The lowest BCUT2D eigenvalue weighted by atomic mass is 10.2. The Labute approximate surface area is 114 Å². The average Bonchev–Trinajstić information content (AvgIpc) is 2.95. The molecular weight excluding hydrogens is 263 g/mol. The Morgan fingerprint density at radius 3 is 2.70 bits per heavy atom. The molecule has 0 spiro atoms. The first-order valence-electron chi connectivity index (χ1n) is 5.98. The van der Waals surface area contributed by atoms with Crippen molar-refractivity contribution in [2.45, 2.75) is 6.54 Å². The van der Waals surface area contributed by atoms with Crippen molar-refractivity contribution in [2.24, 2.45) is 0 Å². The molecule has 0 bridgehead atoms. The Morgan fingerprint density at radius 2 is 2.00 bits per heavy atom. The number of nitrogens with one attached hydrogen (secondary N) is 2. The van der Waals surface area contributed by atoms with Crippen molar-refractivity contribution < 1.29 is 18.4 Å². The molecule has 2 N–H and O–H groups in total. The minimum absolute atomic E-state index is 0.170. The predicted molar refractivity (Wildman–Crippen MR) is 69.3 cm³/mol. The number of carbonyl (C=O) groups is 2. The first-order chi connectivity index (χ1) is 9.65. The number of hydrogen-bond donors (Lipinski definition) is 2. The van der Waals surface area contributed by atoms with Crippen molar-refractivity contribution in [1.29, 1.82) is 0 Å². The molecule has 5 nitrogen and oxygen atoms in total. The van der Waals surface area contributed by atoms with Crippen LogP contribution in [-0.2, 0) is 11.3 Å². The molecule has 0 saturated heterocycles. The van der Waals surface area contributed by atoms with Gasteiger partial charge in [0.1, 0.15) is 11.6 Å². The lowest BCUT2D eigenvalue weighted by molar-refractivity contribution is -0.120. The zero-order valence-corrected chi connectivity index (χ0v) is 10.6. The number of furan rings is 1. The SMILES string of the molecule is O=C(CNC(=O)c1cccc(F)c1)NCc1ccco1. The smallest absolute Gasteiger partial charge is 0.251 e. The van der Waals surface area contributed by atoms with Crippen molar-refractivity contribution in [3.05, 3.63) is 59.8 Å². The lowest BCUT2D eigenvalue weighted by Gasteiger charge is -2.06. The molecule has 0 radical (unpaired) electrons. The van der Waals surface area contributed by atoms with Crippen molar-refractivity contribution in [3.63, 3.8) is 0 Å². The lowest BCUT2D eigenvalue weighted by Crippen LogP contribution is -2.36. The fourth-order valence-corrected chi connectivity index (χ4v) is 1.55. The molecule has 1 heterocycles. The minimum Gasteiger partial charge on any atom is -0.467 e. The Hall–Kier alpha value is -2.63. The van der Waals surface area contributed by atoms with Crippen molar-refractivity contribution in [2.75, 3.05) is 6.54 Å². The quantitative estimate of drug-likeness (QED) is 0.868. The van der Waals surface area contributed by atoms with E-state index in [9.17, 15) is 14.0 Å². The highest BCUT2D eigenvalue weighted by atomic mass is 19.1. The highest BCUT2D eigenvalue weighted by Gasteiger charge is 2.08. The summed E-state index contributed by atoms with van der Waals surface area (Å²) in [5.41, 5.74) is 0.170. The van der Waals surface area contributed by atoms with Crippen LogP contribution in [0.2, 0.25) is 0 Å². The van der Waals surface area contributed by atoms with Crippen molar-refractivity contribution >= 4 is 11.8 Å². The third-order valence-electron chi connectivity index (χ3n) is 2.54. The van der Waals surface area contributed by atoms with E-state index >= 15 is 0 Å². The molecule has 104 valence electrons. The molecule has 0 unspecified atom stereocenters. The topological polar surface area (TPSA) is 71.3 Å². The van der Waals surface area contributed by atoms with E-state index in [1.165, 1.54) is 24.5 Å². The second kappa shape index (κ2) is 6.51. The Balaban J connectivity index is 1.77. The maximum Gasteiger partial charge on any atom is 0.251 e. The van der Waals surface area contributed by atoms with Crippen LogP contribution < -0.4 is 10.6 Å². The minimum atomic E-state index is -0.502. The number of rotatable bonds is 5. The number of carbonyl (C=O) groups excluding carboxylic acids is 2. The number of halogens is 1. The van der Waals surface area contributed by atoms with Gasteiger partial charge in [0.25, 0.3) is 5.91 Å². The second-order valence-electron chi connectivity index (χ2n) is 4.05.